The van der Waals surface area contributed by atoms with Gasteiger partial charge in [0.25, 0.3) is 0 Å². The van der Waals surface area contributed by atoms with E-state index in [4.69, 9.17) is 9.62 Å². The van der Waals surface area contributed by atoms with Crippen LogP contribution in [0.1, 0.15) is 20.8 Å². The molecule has 0 saturated carbocycles. The summed E-state index contributed by atoms with van der Waals surface area (Å²) in [5.74, 6) is -0.0840. The minimum Gasteiger partial charge on any atom is -0.482 e. The summed E-state index contributed by atoms with van der Waals surface area (Å²) < 4.78 is 5.14. The molecule has 0 fully saturated rings. The number of ether oxygens (including phenoxy) is 1. The maximum Gasteiger partial charge on any atom is 0.382 e. The van der Waals surface area contributed by atoms with Crippen LogP contribution in [0.4, 0.5) is 0 Å². The zero-order valence-corrected chi connectivity index (χ0v) is 10.1. The molecule has 0 N–H and O–H groups in total. The zero-order valence-electron chi connectivity index (χ0n) is 10.1. The molecule has 0 unspecified atom stereocenters. The predicted octanol–water partition coefficient (Wildman–Crippen LogP) is 2.27. The summed E-state index contributed by atoms with van der Waals surface area (Å²) in [5, 5.41) is 4.32. The Balaban J connectivity index is 2.18. The van der Waals surface area contributed by atoms with Crippen molar-refractivity contribution < 1.29 is 24.3 Å². The topological polar surface area (TPSA) is 54.0 Å². The highest BCUT2D eigenvalue weighted by atomic mass is 17.5. The van der Waals surface area contributed by atoms with Gasteiger partial charge < -0.3 is 4.74 Å². The molecule has 1 aromatic carbocycles. The first-order valence-electron chi connectivity index (χ1n) is 5.20. The minimum absolute atomic E-state index is 0.239. The Hall–Kier alpha value is -1.59. The lowest BCUT2D eigenvalue weighted by molar-refractivity contribution is -0.514. The van der Waals surface area contributed by atoms with Crippen LogP contribution in [-0.4, -0.2) is 18.2 Å². The summed E-state index contributed by atoms with van der Waals surface area (Å²) in [6, 6.07) is 8.94. The molecule has 1 aromatic rings. The first-order valence-corrected chi connectivity index (χ1v) is 5.20. The molecule has 0 aliphatic carbocycles. The van der Waals surface area contributed by atoms with E-state index in [-0.39, 0.29) is 6.61 Å². The van der Waals surface area contributed by atoms with Crippen molar-refractivity contribution in [3.05, 3.63) is 30.3 Å². The molecule has 0 saturated heterocycles. The van der Waals surface area contributed by atoms with Crippen molar-refractivity contribution in [2.24, 2.45) is 0 Å². The smallest absolute Gasteiger partial charge is 0.382 e. The van der Waals surface area contributed by atoms with Gasteiger partial charge in [-0.25, -0.2) is 4.79 Å². The van der Waals surface area contributed by atoms with E-state index in [9.17, 15) is 4.79 Å². The van der Waals surface area contributed by atoms with E-state index in [1.165, 1.54) is 0 Å². The van der Waals surface area contributed by atoms with Crippen LogP contribution >= 0.6 is 0 Å². The van der Waals surface area contributed by atoms with Gasteiger partial charge in [-0.05, 0) is 37.9 Å². The van der Waals surface area contributed by atoms with Crippen LogP contribution in [0.15, 0.2) is 30.3 Å². The van der Waals surface area contributed by atoms with Gasteiger partial charge in [0.15, 0.2) is 6.61 Å². The maximum atomic E-state index is 11.1. The molecule has 0 heterocycles. The van der Waals surface area contributed by atoms with Crippen molar-refractivity contribution in [3.8, 4) is 5.75 Å². The van der Waals surface area contributed by atoms with Gasteiger partial charge in [0.05, 0.1) is 5.60 Å². The normalized spacial score (nSPS) is 11.0. The number of benzene rings is 1. The average molecular weight is 240 g/mol. The molecule has 0 aromatic heterocycles. The molecular weight excluding hydrogens is 224 g/mol. The van der Waals surface area contributed by atoms with Crippen molar-refractivity contribution in [3.63, 3.8) is 0 Å². The van der Waals surface area contributed by atoms with Gasteiger partial charge in [-0.2, -0.15) is 4.89 Å². The molecule has 17 heavy (non-hydrogen) atoms. The second kappa shape index (κ2) is 6.22. The Morgan fingerprint density at radius 1 is 1.18 bits per heavy atom. The number of rotatable bonds is 5. The Kier molecular flexibility index (Phi) is 4.93. The molecule has 0 spiro atoms. The van der Waals surface area contributed by atoms with Crippen molar-refractivity contribution in [1.29, 1.82) is 0 Å². The molecule has 5 nitrogen and oxygen atoms in total. The molecule has 0 radical (unpaired) electrons. The molecule has 5 heteroatoms. The molecule has 0 aliphatic heterocycles. The van der Waals surface area contributed by atoms with Crippen LogP contribution in [0.2, 0.25) is 0 Å². The predicted molar refractivity (Wildman–Crippen MR) is 60.0 cm³/mol. The second-order valence-electron chi connectivity index (χ2n) is 4.32. The van der Waals surface area contributed by atoms with E-state index in [1.54, 1.807) is 45.0 Å². The van der Waals surface area contributed by atoms with Crippen LogP contribution < -0.4 is 4.74 Å². The molecule has 94 valence electrons. The van der Waals surface area contributed by atoms with E-state index in [0.29, 0.717) is 5.75 Å². The Morgan fingerprint density at radius 2 is 1.82 bits per heavy atom. The lowest BCUT2D eigenvalue weighted by Gasteiger charge is -2.15. The summed E-state index contributed by atoms with van der Waals surface area (Å²) in [7, 11) is 0. The van der Waals surface area contributed by atoms with Gasteiger partial charge in [0, 0.05) is 0 Å². The lowest BCUT2D eigenvalue weighted by atomic mass is 10.2. The number of hydrogen-bond donors (Lipinski definition) is 0. The molecular formula is C12H16O5. The van der Waals surface area contributed by atoms with E-state index in [2.05, 4.69) is 9.93 Å². The first-order chi connectivity index (χ1) is 7.97. The highest BCUT2D eigenvalue weighted by molar-refractivity contribution is 5.70. The third-order valence-electron chi connectivity index (χ3n) is 1.51. The largest absolute Gasteiger partial charge is 0.482 e. The summed E-state index contributed by atoms with van der Waals surface area (Å²) in [5.41, 5.74) is -0.541. The third kappa shape index (κ3) is 6.55. The van der Waals surface area contributed by atoms with Crippen LogP contribution in [0.25, 0.3) is 0 Å². The Bertz CT molecular complexity index is 342. The molecule has 0 amide bonds. The minimum atomic E-state index is -0.668. The van der Waals surface area contributed by atoms with Gasteiger partial charge in [-0.15, -0.1) is 0 Å². The number of hydrogen-bond acceptors (Lipinski definition) is 5. The molecule has 0 atom stereocenters. The second-order valence-corrected chi connectivity index (χ2v) is 4.32. The van der Waals surface area contributed by atoms with Crippen molar-refractivity contribution in [2.75, 3.05) is 6.61 Å². The highest BCUT2D eigenvalue weighted by Crippen LogP contribution is 2.09. The fourth-order valence-electron chi connectivity index (χ4n) is 0.840. The fourth-order valence-corrected chi connectivity index (χ4v) is 0.840. The van der Waals surface area contributed by atoms with Gasteiger partial charge in [-0.1, -0.05) is 18.2 Å². The molecule has 0 bridgehead atoms. The van der Waals surface area contributed by atoms with Crippen molar-refractivity contribution >= 4 is 5.97 Å². The van der Waals surface area contributed by atoms with Crippen LogP contribution in [0.3, 0.4) is 0 Å². The lowest BCUT2D eigenvalue weighted by Crippen LogP contribution is -2.22. The number of carbonyl (C=O) groups is 1. The summed E-state index contributed by atoms with van der Waals surface area (Å²) in [4.78, 5) is 20.3. The zero-order chi connectivity index (χ0) is 12.7. The molecule has 1 rings (SSSR count). The third-order valence-corrected chi connectivity index (χ3v) is 1.51. The molecule has 0 aliphatic rings. The monoisotopic (exact) mass is 240 g/mol. The summed E-state index contributed by atoms with van der Waals surface area (Å²) in [6.07, 6.45) is 0. The van der Waals surface area contributed by atoms with Gasteiger partial charge >= 0.3 is 5.97 Å². The summed E-state index contributed by atoms with van der Waals surface area (Å²) >= 11 is 0. The summed E-state index contributed by atoms with van der Waals surface area (Å²) in [6.45, 7) is 5.06. The van der Waals surface area contributed by atoms with Crippen LogP contribution in [0, 0.1) is 0 Å². The number of para-hydroxylation sites is 1. The van der Waals surface area contributed by atoms with E-state index < -0.39 is 11.6 Å². The van der Waals surface area contributed by atoms with Crippen LogP contribution in [-0.2, 0) is 19.6 Å². The average Bonchev–Trinajstić information content (AvgIpc) is 2.26. The van der Waals surface area contributed by atoms with Crippen LogP contribution in [0.5, 0.6) is 5.75 Å². The van der Waals surface area contributed by atoms with E-state index >= 15 is 0 Å². The van der Waals surface area contributed by atoms with Gasteiger partial charge in [-0.3, -0.25) is 4.89 Å². The van der Waals surface area contributed by atoms with Crippen molar-refractivity contribution in [2.45, 2.75) is 26.4 Å². The van der Waals surface area contributed by atoms with Crippen molar-refractivity contribution in [1.82, 2.24) is 0 Å². The van der Waals surface area contributed by atoms with E-state index in [1.807, 2.05) is 6.07 Å². The first kappa shape index (κ1) is 13.5. The number of carbonyl (C=O) groups excluding carboxylic acids is 1. The van der Waals surface area contributed by atoms with Gasteiger partial charge in [0.1, 0.15) is 5.75 Å². The van der Waals surface area contributed by atoms with E-state index in [0.717, 1.165) is 0 Å². The SMILES string of the molecule is CC(C)(C)OOOC(=O)COc1ccccc1. The Labute approximate surface area is 100 Å². The van der Waals surface area contributed by atoms with Gasteiger partial charge in [0.2, 0.25) is 0 Å². The maximum absolute atomic E-state index is 11.1. The Morgan fingerprint density at radius 3 is 2.41 bits per heavy atom. The quantitative estimate of drug-likeness (QED) is 0.583. The standard InChI is InChI=1S/C12H16O5/c1-12(2,3)16-17-15-11(13)9-14-10-7-5-4-6-8-10/h4-8H,9H2,1-3H3. The highest BCUT2D eigenvalue weighted by Gasteiger charge is 2.14. The fraction of sp³-hybridized carbons (Fsp3) is 0.417.